The SMILES string of the molecule is CN=C(NCCc1ccccn1)NCCN1CCN(c2ccc(F)cc2)CC1.I. The molecule has 6 nitrogen and oxygen atoms in total. The molecule has 0 atom stereocenters. The van der Waals surface area contributed by atoms with E-state index in [-0.39, 0.29) is 29.8 Å². The van der Waals surface area contributed by atoms with Gasteiger partial charge < -0.3 is 15.5 Å². The fourth-order valence-corrected chi connectivity index (χ4v) is 3.29. The van der Waals surface area contributed by atoms with Crippen molar-refractivity contribution in [1.82, 2.24) is 20.5 Å². The number of hydrogen-bond donors (Lipinski definition) is 2. The van der Waals surface area contributed by atoms with E-state index in [0.717, 1.165) is 69.6 Å². The van der Waals surface area contributed by atoms with Gasteiger partial charge in [0.25, 0.3) is 0 Å². The molecule has 1 aromatic carbocycles. The predicted molar refractivity (Wildman–Crippen MR) is 128 cm³/mol. The van der Waals surface area contributed by atoms with Crippen molar-refractivity contribution in [3.05, 3.63) is 60.2 Å². The van der Waals surface area contributed by atoms with Crippen LogP contribution in [0.2, 0.25) is 0 Å². The van der Waals surface area contributed by atoms with E-state index in [0.29, 0.717) is 0 Å². The van der Waals surface area contributed by atoms with Crippen LogP contribution in [-0.4, -0.2) is 68.7 Å². The van der Waals surface area contributed by atoms with E-state index in [1.165, 1.54) is 12.1 Å². The Kier molecular flexibility index (Phi) is 10.1. The van der Waals surface area contributed by atoms with E-state index in [4.69, 9.17) is 0 Å². The van der Waals surface area contributed by atoms with E-state index >= 15 is 0 Å². The van der Waals surface area contributed by atoms with Gasteiger partial charge in [-0.2, -0.15) is 0 Å². The predicted octanol–water partition coefficient (Wildman–Crippen LogP) is 2.37. The van der Waals surface area contributed by atoms with E-state index in [2.05, 4.69) is 30.4 Å². The van der Waals surface area contributed by atoms with Crippen molar-refractivity contribution in [2.45, 2.75) is 6.42 Å². The smallest absolute Gasteiger partial charge is 0.191 e. The molecule has 158 valence electrons. The summed E-state index contributed by atoms with van der Waals surface area (Å²) in [4.78, 5) is 13.4. The number of nitrogens with zero attached hydrogens (tertiary/aromatic N) is 4. The van der Waals surface area contributed by atoms with Crippen LogP contribution < -0.4 is 15.5 Å². The highest BCUT2D eigenvalue weighted by atomic mass is 127. The zero-order valence-corrected chi connectivity index (χ0v) is 19.2. The van der Waals surface area contributed by atoms with Crippen LogP contribution in [0.5, 0.6) is 0 Å². The van der Waals surface area contributed by atoms with Gasteiger partial charge in [0, 0.05) is 76.9 Å². The van der Waals surface area contributed by atoms with Gasteiger partial charge in [-0.1, -0.05) is 6.07 Å². The van der Waals surface area contributed by atoms with Gasteiger partial charge in [-0.05, 0) is 36.4 Å². The van der Waals surface area contributed by atoms with Gasteiger partial charge in [0.15, 0.2) is 5.96 Å². The van der Waals surface area contributed by atoms with Crippen LogP contribution in [0.1, 0.15) is 5.69 Å². The third-order valence-electron chi connectivity index (χ3n) is 4.91. The minimum Gasteiger partial charge on any atom is -0.369 e. The topological polar surface area (TPSA) is 55.8 Å². The second-order valence-corrected chi connectivity index (χ2v) is 6.80. The molecule has 29 heavy (non-hydrogen) atoms. The Morgan fingerprint density at radius 1 is 1.03 bits per heavy atom. The molecule has 0 bridgehead atoms. The molecular weight excluding hydrogens is 482 g/mol. The highest BCUT2D eigenvalue weighted by Crippen LogP contribution is 2.16. The van der Waals surface area contributed by atoms with Crippen molar-refractivity contribution < 1.29 is 4.39 Å². The standard InChI is InChI=1S/C21H29FN6.HI/c1-23-21(25-11-9-19-4-2-3-10-24-19)26-12-13-27-14-16-28(17-15-27)20-7-5-18(22)6-8-20;/h2-8,10H,9,11-17H2,1H3,(H2,23,25,26);1H. The number of nitrogens with one attached hydrogen (secondary N) is 2. The molecule has 2 N–H and O–H groups in total. The molecule has 0 spiro atoms. The number of piperazine rings is 1. The first-order valence-corrected chi connectivity index (χ1v) is 9.82. The molecule has 8 heteroatoms. The number of pyridine rings is 1. The second-order valence-electron chi connectivity index (χ2n) is 6.80. The van der Waals surface area contributed by atoms with E-state index in [1.807, 2.05) is 36.5 Å². The van der Waals surface area contributed by atoms with Crippen LogP contribution in [0, 0.1) is 5.82 Å². The molecular formula is C21H30FIN6. The Hall–Kier alpha value is -1.94. The molecule has 3 rings (SSSR count). The van der Waals surface area contributed by atoms with E-state index < -0.39 is 0 Å². The third kappa shape index (κ3) is 7.77. The first kappa shape index (κ1) is 23.3. The van der Waals surface area contributed by atoms with Gasteiger partial charge in [0.1, 0.15) is 5.82 Å². The third-order valence-corrected chi connectivity index (χ3v) is 4.91. The lowest BCUT2D eigenvalue weighted by Crippen LogP contribution is -2.49. The number of guanidine groups is 1. The Bertz CT molecular complexity index is 733. The summed E-state index contributed by atoms with van der Waals surface area (Å²) in [6, 6.07) is 12.7. The molecule has 2 aromatic rings. The van der Waals surface area contributed by atoms with Crippen molar-refractivity contribution in [2.24, 2.45) is 4.99 Å². The summed E-state index contributed by atoms with van der Waals surface area (Å²) in [5.41, 5.74) is 2.17. The van der Waals surface area contributed by atoms with Crippen molar-refractivity contribution in [3.63, 3.8) is 0 Å². The Morgan fingerprint density at radius 3 is 2.41 bits per heavy atom. The summed E-state index contributed by atoms with van der Waals surface area (Å²) in [6.07, 6.45) is 2.69. The van der Waals surface area contributed by atoms with Gasteiger partial charge in [-0.25, -0.2) is 4.39 Å². The average molecular weight is 512 g/mol. The molecule has 1 aromatic heterocycles. The van der Waals surface area contributed by atoms with Gasteiger partial charge in [-0.15, -0.1) is 24.0 Å². The molecule has 1 fully saturated rings. The first-order chi connectivity index (χ1) is 13.7. The highest BCUT2D eigenvalue weighted by molar-refractivity contribution is 14.0. The summed E-state index contributed by atoms with van der Waals surface area (Å²) >= 11 is 0. The summed E-state index contributed by atoms with van der Waals surface area (Å²) < 4.78 is 13.1. The summed E-state index contributed by atoms with van der Waals surface area (Å²) in [7, 11) is 1.79. The summed E-state index contributed by atoms with van der Waals surface area (Å²) in [6.45, 7) is 6.55. The monoisotopic (exact) mass is 512 g/mol. The van der Waals surface area contributed by atoms with Crippen LogP contribution in [-0.2, 0) is 6.42 Å². The molecule has 0 radical (unpaired) electrons. The van der Waals surface area contributed by atoms with Crippen LogP contribution in [0.15, 0.2) is 53.7 Å². The number of benzene rings is 1. The molecule has 2 heterocycles. The van der Waals surface area contributed by atoms with Gasteiger partial charge in [0.05, 0.1) is 0 Å². The molecule has 1 saturated heterocycles. The number of anilines is 1. The second kappa shape index (κ2) is 12.6. The maximum absolute atomic E-state index is 13.1. The van der Waals surface area contributed by atoms with Crippen molar-refractivity contribution in [1.29, 1.82) is 0 Å². The average Bonchev–Trinajstić information content (AvgIpc) is 2.74. The maximum atomic E-state index is 13.1. The van der Waals surface area contributed by atoms with Crippen molar-refractivity contribution >= 4 is 35.6 Å². The van der Waals surface area contributed by atoms with Gasteiger partial charge in [-0.3, -0.25) is 14.9 Å². The van der Waals surface area contributed by atoms with Crippen molar-refractivity contribution in [3.8, 4) is 0 Å². The minimum atomic E-state index is -0.185. The van der Waals surface area contributed by atoms with Crippen LogP contribution in [0.4, 0.5) is 10.1 Å². The molecule has 0 amide bonds. The zero-order chi connectivity index (χ0) is 19.6. The van der Waals surface area contributed by atoms with E-state index in [9.17, 15) is 4.39 Å². The summed E-state index contributed by atoms with van der Waals surface area (Å²) in [5.74, 6) is 0.636. The van der Waals surface area contributed by atoms with Crippen LogP contribution >= 0.6 is 24.0 Å². The number of aliphatic imine (C=N–C) groups is 1. The summed E-state index contributed by atoms with van der Waals surface area (Å²) in [5, 5.41) is 6.70. The lowest BCUT2D eigenvalue weighted by atomic mass is 10.2. The largest absolute Gasteiger partial charge is 0.369 e. The molecule has 1 aliphatic rings. The lowest BCUT2D eigenvalue weighted by Gasteiger charge is -2.36. The molecule has 1 aliphatic heterocycles. The lowest BCUT2D eigenvalue weighted by molar-refractivity contribution is 0.261. The number of hydrogen-bond acceptors (Lipinski definition) is 4. The van der Waals surface area contributed by atoms with Crippen LogP contribution in [0.25, 0.3) is 0 Å². The number of aromatic nitrogens is 1. The van der Waals surface area contributed by atoms with Crippen LogP contribution in [0.3, 0.4) is 0 Å². The normalized spacial score (nSPS) is 15.0. The Morgan fingerprint density at radius 2 is 1.76 bits per heavy atom. The van der Waals surface area contributed by atoms with E-state index in [1.54, 1.807) is 7.05 Å². The Balaban J connectivity index is 0.00000300. The quantitative estimate of drug-likeness (QED) is 0.339. The molecule has 0 aliphatic carbocycles. The highest BCUT2D eigenvalue weighted by Gasteiger charge is 2.16. The number of halogens is 2. The van der Waals surface area contributed by atoms with Gasteiger partial charge in [0.2, 0.25) is 0 Å². The molecule has 0 unspecified atom stereocenters. The number of rotatable bonds is 7. The molecule has 0 saturated carbocycles. The van der Waals surface area contributed by atoms with Crippen molar-refractivity contribution in [2.75, 3.05) is 57.8 Å². The zero-order valence-electron chi connectivity index (χ0n) is 16.9. The van der Waals surface area contributed by atoms with Gasteiger partial charge >= 0.3 is 0 Å². The minimum absolute atomic E-state index is 0. The fraction of sp³-hybridized carbons (Fsp3) is 0.429. The first-order valence-electron chi connectivity index (χ1n) is 9.82. The maximum Gasteiger partial charge on any atom is 0.191 e. The Labute approximate surface area is 189 Å². The fourth-order valence-electron chi connectivity index (χ4n) is 3.29.